The van der Waals surface area contributed by atoms with Gasteiger partial charge < -0.3 is 18.9 Å². The summed E-state index contributed by atoms with van der Waals surface area (Å²) < 4.78 is 15.9. The Morgan fingerprint density at radius 2 is 1.59 bits per heavy atom. The summed E-state index contributed by atoms with van der Waals surface area (Å²) in [6, 6.07) is 10.1. The smallest absolute Gasteiger partial charge is 0.339 e. The Morgan fingerprint density at radius 3 is 2.28 bits per heavy atom. The minimum atomic E-state index is -0.454. The van der Waals surface area contributed by atoms with Crippen molar-refractivity contribution in [2.45, 2.75) is 33.6 Å². The van der Waals surface area contributed by atoms with Gasteiger partial charge in [-0.3, -0.25) is 4.79 Å². The van der Waals surface area contributed by atoms with Gasteiger partial charge in [-0.1, -0.05) is 0 Å². The van der Waals surface area contributed by atoms with E-state index in [1.807, 2.05) is 26.8 Å². The van der Waals surface area contributed by atoms with E-state index in [1.54, 1.807) is 30.3 Å². The molecule has 2 heterocycles. The molecule has 0 aliphatic carbocycles. The van der Waals surface area contributed by atoms with Crippen LogP contribution in [0.2, 0.25) is 0 Å². The normalized spacial score (nSPS) is 11.1. The van der Waals surface area contributed by atoms with Crippen molar-refractivity contribution in [2.24, 2.45) is 0 Å². The number of esters is 1. The molecule has 1 N–H and O–H groups in total. The van der Waals surface area contributed by atoms with E-state index < -0.39 is 11.6 Å². The molecule has 7 nitrogen and oxygen atoms in total. The number of furan rings is 1. The molecule has 0 bridgehead atoms. The van der Waals surface area contributed by atoms with Gasteiger partial charge in [-0.05, 0) is 68.7 Å². The number of hydrogen-bond donors (Lipinski definition) is 1. The lowest BCUT2D eigenvalue weighted by Crippen LogP contribution is -2.16. The van der Waals surface area contributed by atoms with Crippen molar-refractivity contribution < 1.29 is 23.2 Å². The van der Waals surface area contributed by atoms with E-state index >= 15 is 0 Å². The van der Waals surface area contributed by atoms with Crippen LogP contribution < -0.4 is 10.9 Å². The summed E-state index contributed by atoms with van der Waals surface area (Å²) in [5.41, 5.74) is 3.96. The molecule has 0 saturated carbocycles. The first-order valence-electron chi connectivity index (χ1n) is 10.2. The summed E-state index contributed by atoms with van der Waals surface area (Å²) in [5, 5.41) is 4.58. The first-order chi connectivity index (χ1) is 15.3. The van der Waals surface area contributed by atoms with Crippen LogP contribution in [0.3, 0.4) is 0 Å². The molecule has 0 aliphatic rings. The number of anilines is 1. The molecular formula is C25H23NO6. The average Bonchev–Trinajstić information content (AvgIpc) is 3.05. The zero-order valence-corrected chi connectivity index (χ0v) is 18.3. The third-order valence-electron chi connectivity index (χ3n) is 5.77. The quantitative estimate of drug-likeness (QED) is 0.358. The number of carbonyl (C=O) groups excluding carboxylic acids is 2. The molecule has 0 fully saturated rings. The molecule has 0 atom stereocenters. The zero-order valence-electron chi connectivity index (χ0n) is 18.3. The predicted octanol–water partition coefficient (Wildman–Crippen LogP) is 4.82. The summed E-state index contributed by atoms with van der Waals surface area (Å²) in [6.45, 7) is 5.76. The maximum absolute atomic E-state index is 12.6. The van der Waals surface area contributed by atoms with Crippen molar-refractivity contribution in [3.05, 3.63) is 74.8 Å². The van der Waals surface area contributed by atoms with Gasteiger partial charge in [0.05, 0.1) is 12.7 Å². The van der Waals surface area contributed by atoms with Crippen LogP contribution in [-0.4, -0.2) is 19.0 Å². The highest BCUT2D eigenvalue weighted by molar-refractivity contribution is 5.97. The topological polar surface area (TPSA) is 98.8 Å². The predicted molar refractivity (Wildman–Crippen MR) is 121 cm³/mol. The van der Waals surface area contributed by atoms with Crippen molar-refractivity contribution in [1.29, 1.82) is 0 Å². The van der Waals surface area contributed by atoms with E-state index in [9.17, 15) is 14.4 Å². The van der Waals surface area contributed by atoms with Gasteiger partial charge >= 0.3 is 11.6 Å². The Morgan fingerprint density at radius 1 is 0.938 bits per heavy atom. The number of nitrogens with one attached hydrogen (secondary N) is 1. The van der Waals surface area contributed by atoms with Crippen molar-refractivity contribution in [2.75, 3.05) is 12.4 Å². The van der Waals surface area contributed by atoms with Gasteiger partial charge in [-0.25, -0.2) is 9.59 Å². The number of benzene rings is 2. The first-order valence-corrected chi connectivity index (χ1v) is 10.2. The molecule has 2 aromatic heterocycles. The number of methoxy groups -OCH3 is 1. The second kappa shape index (κ2) is 8.34. The summed E-state index contributed by atoms with van der Waals surface area (Å²) in [5.74, 6) is 0.137. The summed E-state index contributed by atoms with van der Waals surface area (Å²) in [4.78, 5) is 36.5. The van der Waals surface area contributed by atoms with E-state index in [0.29, 0.717) is 28.0 Å². The number of amides is 1. The monoisotopic (exact) mass is 433 g/mol. The van der Waals surface area contributed by atoms with E-state index in [0.717, 1.165) is 27.7 Å². The van der Waals surface area contributed by atoms with Gasteiger partial charge in [0.1, 0.15) is 16.9 Å². The lowest BCUT2D eigenvalue weighted by atomic mass is 10.0. The second-order valence-corrected chi connectivity index (χ2v) is 7.74. The van der Waals surface area contributed by atoms with Crippen molar-refractivity contribution in [1.82, 2.24) is 0 Å². The Balaban J connectivity index is 1.54. The molecule has 4 rings (SSSR count). The molecule has 0 unspecified atom stereocenters. The van der Waals surface area contributed by atoms with Gasteiger partial charge in [0, 0.05) is 34.5 Å². The molecule has 7 heteroatoms. The highest BCUT2D eigenvalue weighted by atomic mass is 16.5. The van der Waals surface area contributed by atoms with E-state index in [4.69, 9.17) is 8.83 Å². The Hall–Kier alpha value is -3.87. The molecule has 4 aromatic rings. The van der Waals surface area contributed by atoms with Crippen LogP contribution in [0.5, 0.6) is 0 Å². The number of ether oxygens (including phenoxy) is 1. The molecule has 0 aliphatic heterocycles. The number of carbonyl (C=O) groups is 2. The fraction of sp³-hybridized carbons (Fsp3) is 0.240. The Kier molecular flexibility index (Phi) is 5.57. The van der Waals surface area contributed by atoms with Crippen molar-refractivity contribution in [3.63, 3.8) is 0 Å². The molecule has 2 aromatic carbocycles. The number of fused-ring (bicyclic) bond motifs is 2. The summed E-state index contributed by atoms with van der Waals surface area (Å²) in [6.07, 6.45) is 0.361. The summed E-state index contributed by atoms with van der Waals surface area (Å²) >= 11 is 0. The van der Waals surface area contributed by atoms with Gasteiger partial charge in [0.15, 0.2) is 0 Å². The van der Waals surface area contributed by atoms with Crippen LogP contribution >= 0.6 is 0 Å². The second-order valence-electron chi connectivity index (χ2n) is 7.74. The lowest BCUT2D eigenvalue weighted by molar-refractivity contribution is -0.116. The highest BCUT2D eigenvalue weighted by Crippen LogP contribution is 2.31. The molecule has 164 valence electrons. The van der Waals surface area contributed by atoms with Crippen molar-refractivity contribution >= 4 is 39.5 Å². The van der Waals surface area contributed by atoms with Crippen LogP contribution in [0.1, 0.15) is 39.2 Å². The van der Waals surface area contributed by atoms with Crippen LogP contribution in [0, 0.1) is 20.8 Å². The molecule has 0 saturated heterocycles. The molecule has 0 spiro atoms. The van der Waals surface area contributed by atoms with Crippen molar-refractivity contribution in [3.8, 4) is 0 Å². The van der Waals surface area contributed by atoms with E-state index in [1.165, 1.54) is 7.11 Å². The Bertz CT molecular complexity index is 1410. The SMILES string of the molecule is COC(=O)c1ccc(NC(=O)CCc2c(C)c3cc4c(C)c(C)oc4cc3oc2=O)cc1. The zero-order chi connectivity index (χ0) is 23.0. The minimum absolute atomic E-state index is 0.113. The molecular weight excluding hydrogens is 410 g/mol. The highest BCUT2D eigenvalue weighted by Gasteiger charge is 2.16. The first kappa shape index (κ1) is 21.4. The molecule has 1 amide bonds. The number of rotatable bonds is 5. The van der Waals surface area contributed by atoms with E-state index in [-0.39, 0.29) is 18.7 Å². The fourth-order valence-electron chi connectivity index (χ4n) is 3.78. The molecule has 0 radical (unpaired) electrons. The van der Waals surface area contributed by atoms with Gasteiger partial charge in [-0.2, -0.15) is 0 Å². The average molecular weight is 433 g/mol. The Labute approximate surface area is 184 Å². The van der Waals surface area contributed by atoms with Crippen LogP contribution in [0.25, 0.3) is 21.9 Å². The van der Waals surface area contributed by atoms with Crippen LogP contribution in [-0.2, 0) is 16.0 Å². The maximum Gasteiger partial charge on any atom is 0.339 e. The summed E-state index contributed by atoms with van der Waals surface area (Å²) in [7, 11) is 1.31. The van der Waals surface area contributed by atoms with Crippen LogP contribution in [0.4, 0.5) is 5.69 Å². The third-order valence-corrected chi connectivity index (χ3v) is 5.77. The van der Waals surface area contributed by atoms with Gasteiger partial charge in [0.2, 0.25) is 5.91 Å². The van der Waals surface area contributed by atoms with Gasteiger partial charge in [0.25, 0.3) is 0 Å². The lowest BCUT2D eigenvalue weighted by Gasteiger charge is -2.09. The standard InChI is InChI=1S/C25H23NO6/c1-13-15(3)31-21-12-22-20(11-19(13)21)14(2)18(25(29)32-22)9-10-23(27)26-17-7-5-16(6-8-17)24(28)30-4/h5-8,11-12H,9-10H2,1-4H3,(H,26,27). The minimum Gasteiger partial charge on any atom is -0.465 e. The number of hydrogen-bond acceptors (Lipinski definition) is 6. The third kappa shape index (κ3) is 3.89. The van der Waals surface area contributed by atoms with Crippen LogP contribution in [0.15, 0.2) is 50.0 Å². The maximum atomic E-state index is 12.6. The van der Waals surface area contributed by atoms with Gasteiger partial charge in [-0.15, -0.1) is 0 Å². The largest absolute Gasteiger partial charge is 0.465 e. The van der Waals surface area contributed by atoms with E-state index in [2.05, 4.69) is 10.1 Å². The fourth-order valence-corrected chi connectivity index (χ4v) is 3.78. The molecule has 32 heavy (non-hydrogen) atoms. The number of aryl methyl sites for hydroxylation is 3.